The van der Waals surface area contributed by atoms with Crippen molar-refractivity contribution < 1.29 is 14.0 Å². The topological polar surface area (TPSA) is 71.6 Å². The van der Waals surface area contributed by atoms with Gasteiger partial charge < -0.3 is 14.2 Å². The molecule has 2 aliphatic rings. The summed E-state index contributed by atoms with van der Waals surface area (Å²) >= 11 is 0. The Labute approximate surface area is 158 Å². The van der Waals surface area contributed by atoms with Crippen LogP contribution in [0.4, 0.5) is 0 Å². The maximum atomic E-state index is 12.7. The van der Waals surface area contributed by atoms with Crippen molar-refractivity contribution in [2.75, 3.05) is 26.7 Å². The van der Waals surface area contributed by atoms with Crippen LogP contribution >= 0.6 is 0 Å². The number of furan rings is 1. The second-order valence-corrected chi connectivity index (χ2v) is 8.22. The molecule has 0 aromatic carbocycles. The molecule has 1 saturated heterocycles. The van der Waals surface area contributed by atoms with Gasteiger partial charge in [-0.2, -0.15) is 5.10 Å². The largest absolute Gasteiger partial charge is 0.459 e. The fourth-order valence-electron chi connectivity index (χ4n) is 4.33. The Morgan fingerprint density at radius 2 is 2.07 bits per heavy atom. The minimum Gasteiger partial charge on any atom is -0.459 e. The molecule has 7 nitrogen and oxygen atoms in total. The summed E-state index contributed by atoms with van der Waals surface area (Å²) in [5, 5.41) is 4.82. The third kappa shape index (κ3) is 3.05. The number of fused-ring (bicyclic) bond motifs is 2. The molecule has 4 rings (SSSR count). The van der Waals surface area contributed by atoms with Gasteiger partial charge in [0.2, 0.25) is 0 Å². The van der Waals surface area contributed by atoms with Gasteiger partial charge in [-0.15, -0.1) is 0 Å². The molecular weight excluding hydrogens is 344 g/mol. The summed E-state index contributed by atoms with van der Waals surface area (Å²) in [5.74, 6) is 0.812. The standard InChI is InChI=1S/C20H26N4O3/c1-14(2)11-24-12-15-17(21-24)20(13-22(3)18(15)25)6-8-23(9-7-20)19(26)16-5-4-10-27-16/h4-5,10,12,14H,6-9,11,13H2,1-3H3. The SMILES string of the molecule is CC(C)Cn1cc2c(n1)C1(CCN(C(=O)c3ccco3)CC1)CN(C)C2=O. The van der Waals surface area contributed by atoms with Gasteiger partial charge in [0.15, 0.2) is 5.76 Å². The lowest BCUT2D eigenvalue weighted by molar-refractivity contribution is 0.0525. The van der Waals surface area contributed by atoms with E-state index >= 15 is 0 Å². The van der Waals surface area contributed by atoms with Crippen molar-refractivity contribution >= 4 is 11.8 Å². The molecule has 2 aromatic heterocycles. The van der Waals surface area contributed by atoms with E-state index in [9.17, 15) is 9.59 Å². The molecule has 27 heavy (non-hydrogen) atoms. The van der Waals surface area contributed by atoms with E-state index in [1.54, 1.807) is 17.0 Å². The number of carbonyl (C=O) groups is 2. The monoisotopic (exact) mass is 370 g/mol. The van der Waals surface area contributed by atoms with Crippen molar-refractivity contribution in [3.05, 3.63) is 41.6 Å². The van der Waals surface area contributed by atoms with Crippen molar-refractivity contribution in [1.82, 2.24) is 19.6 Å². The van der Waals surface area contributed by atoms with E-state index in [2.05, 4.69) is 13.8 Å². The van der Waals surface area contributed by atoms with E-state index in [0.717, 1.165) is 30.6 Å². The van der Waals surface area contributed by atoms with Crippen molar-refractivity contribution in [3.63, 3.8) is 0 Å². The highest BCUT2D eigenvalue weighted by Crippen LogP contribution is 2.40. The third-order valence-corrected chi connectivity index (χ3v) is 5.67. The number of nitrogens with zero attached hydrogens (tertiary/aromatic N) is 4. The zero-order valence-corrected chi connectivity index (χ0v) is 16.1. The van der Waals surface area contributed by atoms with Crippen LogP contribution in [0.3, 0.4) is 0 Å². The number of likely N-dealkylation sites (N-methyl/N-ethyl adjacent to an activating group) is 1. The molecule has 0 saturated carbocycles. The molecular formula is C20H26N4O3. The number of carbonyl (C=O) groups excluding carboxylic acids is 2. The molecule has 0 atom stereocenters. The number of hydrogen-bond donors (Lipinski definition) is 0. The van der Waals surface area contributed by atoms with Gasteiger partial charge in [-0.1, -0.05) is 13.8 Å². The minimum atomic E-state index is -0.180. The van der Waals surface area contributed by atoms with Crippen molar-refractivity contribution in [2.24, 2.45) is 5.92 Å². The van der Waals surface area contributed by atoms with Gasteiger partial charge in [0.1, 0.15) is 0 Å². The van der Waals surface area contributed by atoms with E-state index in [1.807, 2.05) is 22.8 Å². The lowest BCUT2D eigenvalue weighted by Crippen LogP contribution is -2.54. The second kappa shape index (κ2) is 6.55. The van der Waals surface area contributed by atoms with Crippen LogP contribution < -0.4 is 0 Å². The van der Waals surface area contributed by atoms with Gasteiger partial charge in [0.25, 0.3) is 11.8 Å². The van der Waals surface area contributed by atoms with Gasteiger partial charge in [0, 0.05) is 44.8 Å². The predicted molar refractivity (Wildman–Crippen MR) is 99.5 cm³/mol. The van der Waals surface area contributed by atoms with E-state index in [4.69, 9.17) is 9.52 Å². The molecule has 0 radical (unpaired) electrons. The normalized spacial score (nSPS) is 19.0. The minimum absolute atomic E-state index is 0.0414. The smallest absolute Gasteiger partial charge is 0.289 e. The van der Waals surface area contributed by atoms with E-state index in [1.165, 1.54) is 6.26 Å². The van der Waals surface area contributed by atoms with Crippen LogP contribution in [0.15, 0.2) is 29.0 Å². The van der Waals surface area contributed by atoms with Gasteiger partial charge in [-0.3, -0.25) is 14.3 Å². The molecule has 144 valence electrons. The molecule has 1 fully saturated rings. The summed E-state index contributed by atoms with van der Waals surface area (Å²) in [6.45, 7) is 7.01. The summed E-state index contributed by atoms with van der Waals surface area (Å²) in [7, 11) is 1.85. The first-order chi connectivity index (χ1) is 12.9. The maximum Gasteiger partial charge on any atom is 0.289 e. The number of aromatic nitrogens is 2. The Balaban J connectivity index is 1.59. The number of piperidine rings is 1. The number of rotatable bonds is 3. The zero-order chi connectivity index (χ0) is 19.2. The van der Waals surface area contributed by atoms with Crippen LogP contribution in [0.2, 0.25) is 0 Å². The fourth-order valence-corrected chi connectivity index (χ4v) is 4.33. The molecule has 7 heteroatoms. The van der Waals surface area contributed by atoms with Crippen LogP contribution in [0.1, 0.15) is 53.3 Å². The number of likely N-dealkylation sites (tertiary alicyclic amines) is 1. The van der Waals surface area contributed by atoms with Crippen LogP contribution in [0.5, 0.6) is 0 Å². The lowest BCUT2D eigenvalue weighted by atomic mass is 9.72. The number of amides is 2. The summed E-state index contributed by atoms with van der Waals surface area (Å²) in [5.41, 5.74) is 1.45. The summed E-state index contributed by atoms with van der Waals surface area (Å²) in [4.78, 5) is 28.9. The molecule has 0 unspecified atom stereocenters. The van der Waals surface area contributed by atoms with Gasteiger partial charge >= 0.3 is 0 Å². The Morgan fingerprint density at radius 3 is 2.70 bits per heavy atom. The van der Waals surface area contributed by atoms with Gasteiger partial charge in [-0.25, -0.2) is 0 Å². The predicted octanol–water partition coefficient (Wildman–Crippen LogP) is 2.39. The molecule has 1 spiro atoms. The summed E-state index contributed by atoms with van der Waals surface area (Å²) in [6.07, 6.45) is 5.01. The molecule has 2 amide bonds. The van der Waals surface area contributed by atoms with Crippen LogP contribution in [-0.4, -0.2) is 58.1 Å². The second-order valence-electron chi connectivity index (χ2n) is 8.22. The first-order valence-corrected chi connectivity index (χ1v) is 9.56. The van der Waals surface area contributed by atoms with E-state index in [0.29, 0.717) is 31.3 Å². The lowest BCUT2D eigenvalue weighted by Gasteiger charge is -2.45. The van der Waals surface area contributed by atoms with Gasteiger partial charge in [0.05, 0.1) is 17.5 Å². The first kappa shape index (κ1) is 17.8. The molecule has 2 aliphatic heterocycles. The van der Waals surface area contributed by atoms with E-state index < -0.39 is 0 Å². The van der Waals surface area contributed by atoms with Crippen molar-refractivity contribution in [1.29, 1.82) is 0 Å². The highest BCUT2D eigenvalue weighted by atomic mass is 16.3. The Morgan fingerprint density at radius 1 is 1.33 bits per heavy atom. The number of hydrogen-bond acceptors (Lipinski definition) is 4. The quantitative estimate of drug-likeness (QED) is 0.832. The average molecular weight is 370 g/mol. The highest BCUT2D eigenvalue weighted by molar-refractivity contribution is 5.96. The average Bonchev–Trinajstić information content (AvgIpc) is 3.30. The zero-order valence-electron chi connectivity index (χ0n) is 16.1. The molecule has 0 aliphatic carbocycles. The Hall–Kier alpha value is -2.57. The summed E-state index contributed by atoms with van der Waals surface area (Å²) in [6, 6.07) is 3.43. The summed E-state index contributed by atoms with van der Waals surface area (Å²) < 4.78 is 7.16. The fraction of sp³-hybridized carbons (Fsp3) is 0.550. The maximum absolute atomic E-state index is 12.7. The Kier molecular flexibility index (Phi) is 4.32. The molecule has 4 heterocycles. The molecule has 0 bridgehead atoms. The third-order valence-electron chi connectivity index (χ3n) is 5.67. The molecule has 2 aromatic rings. The Bertz CT molecular complexity index is 845. The van der Waals surface area contributed by atoms with Crippen molar-refractivity contribution in [2.45, 2.75) is 38.6 Å². The van der Waals surface area contributed by atoms with Crippen LogP contribution in [0.25, 0.3) is 0 Å². The first-order valence-electron chi connectivity index (χ1n) is 9.56. The van der Waals surface area contributed by atoms with Crippen LogP contribution in [-0.2, 0) is 12.0 Å². The van der Waals surface area contributed by atoms with Gasteiger partial charge in [-0.05, 0) is 30.9 Å². The van der Waals surface area contributed by atoms with Crippen LogP contribution in [0, 0.1) is 5.92 Å². The van der Waals surface area contributed by atoms with Crippen molar-refractivity contribution in [3.8, 4) is 0 Å². The van der Waals surface area contributed by atoms with E-state index in [-0.39, 0.29) is 17.2 Å². The highest BCUT2D eigenvalue weighted by Gasteiger charge is 2.47. The molecule has 0 N–H and O–H groups in total.